The highest BCUT2D eigenvalue weighted by Gasteiger charge is 1.88. The zero-order valence-electron chi connectivity index (χ0n) is 7.02. The van der Waals surface area contributed by atoms with Crippen molar-refractivity contribution in [3.63, 3.8) is 0 Å². The van der Waals surface area contributed by atoms with Crippen molar-refractivity contribution in [1.29, 1.82) is 0 Å². The maximum atomic E-state index is 9.91. The molecule has 0 saturated heterocycles. The number of rotatable bonds is 7. The summed E-state index contributed by atoms with van der Waals surface area (Å²) < 4.78 is 0. The smallest absolute Gasteiger partial charge is 0.119 e. The third-order valence-corrected chi connectivity index (χ3v) is 1.39. The summed E-state index contributed by atoms with van der Waals surface area (Å²) in [5, 5.41) is 5.95. The number of nitrogens with one attached hydrogen (secondary N) is 2. The first-order valence-corrected chi connectivity index (χ1v) is 3.85. The van der Waals surface area contributed by atoms with E-state index < -0.39 is 0 Å². The van der Waals surface area contributed by atoms with Gasteiger partial charge in [0.15, 0.2) is 0 Å². The lowest BCUT2D eigenvalue weighted by atomic mass is 10.2. The van der Waals surface area contributed by atoms with Crippen molar-refractivity contribution in [3.8, 4) is 0 Å². The minimum absolute atomic E-state index is 0.660. The van der Waals surface area contributed by atoms with Crippen molar-refractivity contribution in [1.82, 2.24) is 10.6 Å². The van der Waals surface area contributed by atoms with Crippen LogP contribution in [0.1, 0.15) is 19.3 Å². The SMILES string of the molecule is C=C(NC)NCCCCC=O. The Morgan fingerprint density at radius 1 is 1.55 bits per heavy atom. The molecular weight excluding hydrogens is 140 g/mol. The molecule has 0 aliphatic heterocycles. The van der Waals surface area contributed by atoms with Gasteiger partial charge in [-0.2, -0.15) is 0 Å². The summed E-state index contributed by atoms with van der Waals surface area (Å²) in [6.07, 6.45) is 3.58. The van der Waals surface area contributed by atoms with Gasteiger partial charge < -0.3 is 15.4 Å². The second kappa shape index (κ2) is 7.12. The highest BCUT2D eigenvalue weighted by Crippen LogP contribution is 1.90. The molecule has 64 valence electrons. The number of unbranched alkanes of at least 4 members (excludes halogenated alkanes) is 2. The number of hydrogen-bond donors (Lipinski definition) is 2. The largest absolute Gasteiger partial charge is 0.375 e. The van der Waals surface area contributed by atoms with Crippen molar-refractivity contribution < 1.29 is 4.79 Å². The molecule has 0 saturated carbocycles. The fourth-order valence-electron chi connectivity index (χ4n) is 0.680. The van der Waals surface area contributed by atoms with E-state index >= 15 is 0 Å². The van der Waals surface area contributed by atoms with E-state index in [1.54, 1.807) is 0 Å². The molecule has 0 fully saturated rings. The Morgan fingerprint density at radius 3 is 2.82 bits per heavy atom. The summed E-state index contributed by atoms with van der Waals surface area (Å²) >= 11 is 0. The normalized spacial score (nSPS) is 8.82. The minimum Gasteiger partial charge on any atom is -0.375 e. The molecule has 0 aromatic carbocycles. The van der Waals surface area contributed by atoms with Gasteiger partial charge in [-0.1, -0.05) is 6.58 Å². The maximum absolute atomic E-state index is 9.91. The molecule has 3 heteroatoms. The van der Waals surface area contributed by atoms with E-state index in [1.807, 2.05) is 7.05 Å². The van der Waals surface area contributed by atoms with Crippen LogP contribution in [-0.2, 0) is 4.79 Å². The average molecular weight is 156 g/mol. The summed E-state index contributed by atoms with van der Waals surface area (Å²) in [5.41, 5.74) is 0. The molecule has 3 nitrogen and oxygen atoms in total. The Bertz CT molecular complexity index is 123. The summed E-state index contributed by atoms with van der Waals surface area (Å²) in [6.45, 7) is 4.58. The van der Waals surface area contributed by atoms with Crippen LogP contribution in [0, 0.1) is 0 Å². The lowest BCUT2D eigenvalue weighted by molar-refractivity contribution is -0.107. The quantitative estimate of drug-likeness (QED) is 0.420. The molecular formula is C8H16N2O. The second-order valence-electron chi connectivity index (χ2n) is 2.32. The highest BCUT2D eigenvalue weighted by atomic mass is 16.1. The van der Waals surface area contributed by atoms with E-state index in [1.165, 1.54) is 0 Å². The van der Waals surface area contributed by atoms with E-state index in [9.17, 15) is 4.79 Å². The van der Waals surface area contributed by atoms with E-state index in [4.69, 9.17) is 0 Å². The van der Waals surface area contributed by atoms with Gasteiger partial charge in [0.05, 0.1) is 5.82 Å². The van der Waals surface area contributed by atoms with Gasteiger partial charge in [0, 0.05) is 20.0 Å². The number of carbonyl (C=O) groups excluding carboxylic acids is 1. The third-order valence-electron chi connectivity index (χ3n) is 1.39. The summed E-state index contributed by atoms with van der Waals surface area (Å²) in [5.74, 6) is 0.830. The van der Waals surface area contributed by atoms with Crippen LogP contribution in [0.3, 0.4) is 0 Å². The predicted octanol–water partition coefficient (Wildman–Crippen LogP) is 0.636. The molecule has 0 aromatic heterocycles. The molecule has 0 amide bonds. The number of hydrogen-bond acceptors (Lipinski definition) is 3. The Balaban J connectivity index is 3.01. The van der Waals surface area contributed by atoms with Crippen LogP contribution in [0.25, 0.3) is 0 Å². The van der Waals surface area contributed by atoms with Gasteiger partial charge in [0.25, 0.3) is 0 Å². The lowest BCUT2D eigenvalue weighted by Crippen LogP contribution is -2.23. The molecule has 0 radical (unpaired) electrons. The first kappa shape index (κ1) is 10.0. The molecule has 0 atom stereocenters. The molecule has 0 heterocycles. The summed E-state index contributed by atoms with van der Waals surface area (Å²) in [6, 6.07) is 0. The van der Waals surface area contributed by atoms with Crippen LogP contribution in [0.4, 0.5) is 0 Å². The second-order valence-corrected chi connectivity index (χ2v) is 2.32. The van der Waals surface area contributed by atoms with E-state index in [-0.39, 0.29) is 0 Å². The van der Waals surface area contributed by atoms with Crippen molar-refractivity contribution >= 4 is 6.29 Å². The highest BCUT2D eigenvalue weighted by molar-refractivity contribution is 5.48. The lowest BCUT2D eigenvalue weighted by Gasteiger charge is -2.06. The van der Waals surface area contributed by atoms with Gasteiger partial charge in [-0.05, 0) is 12.8 Å². The van der Waals surface area contributed by atoms with Crippen LogP contribution in [0.5, 0.6) is 0 Å². The van der Waals surface area contributed by atoms with E-state index in [0.717, 1.165) is 31.5 Å². The summed E-state index contributed by atoms with van der Waals surface area (Å²) in [7, 11) is 1.82. The van der Waals surface area contributed by atoms with Crippen LogP contribution in [-0.4, -0.2) is 19.9 Å². The van der Waals surface area contributed by atoms with Gasteiger partial charge in [-0.15, -0.1) is 0 Å². The Kier molecular flexibility index (Phi) is 6.48. The monoisotopic (exact) mass is 156 g/mol. The summed E-state index contributed by atoms with van der Waals surface area (Å²) in [4.78, 5) is 9.91. The van der Waals surface area contributed by atoms with Crippen LogP contribution in [0.15, 0.2) is 12.4 Å². The number of aldehydes is 1. The molecule has 0 unspecified atom stereocenters. The predicted molar refractivity (Wildman–Crippen MR) is 46.1 cm³/mol. The van der Waals surface area contributed by atoms with Gasteiger partial charge in [-0.3, -0.25) is 0 Å². The minimum atomic E-state index is 0.660. The van der Waals surface area contributed by atoms with E-state index in [0.29, 0.717) is 6.42 Å². The molecule has 0 aromatic rings. The van der Waals surface area contributed by atoms with Gasteiger partial charge >= 0.3 is 0 Å². The molecule has 0 spiro atoms. The zero-order chi connectivity index (χ0) is 8.53. The van der Waals surface area contributed by atoms with Crippen LogP contribution in [0.2, 0.25) is 0 Å². The van der Waals surface area contributed by atoms with Crippen molar-refractivity contribution in [2.75, 3.05) is 13.6 Å². The van der Waals surface area contributed by atoms with Crippen LogP contribution >= 0.6 is 0 Å². The van der Waals surface area contributed by atoms with Gasteiger partial charge in [0.2, 0.25) is 0 Å². The maximum Gasteiger partial charge on any atom is 0.119 e. The molecule has 0 bridgehead atoms. The zero-order valence-corrected chi connectivity index (χ0v) is 7.02. The first-order chi connectivity index (χ1) is 5.31. The Hall–Kier alpha value is -0.990. The van der Waals surface area contributed by atoms with Crippen molar-refractivity contribution in [2.45, 2.75) is 19.3 Å². The fourth-order valence-corrected chi connectivity index (χ4v) is 0.680. The van der Waals surface area contributed by atoms with E-state index in [2.05, 4.69) is 17.2 Å². The van der Waals surface area contributed by atoms with Gasteiger partial charge in [0.1, 0.15) is 6.29 Å². The fraction of sp³-hybridized carbons (Fsp3) is 0.625. The first-order valence-electron chi connectivity index (χ1n) is 3.85. The number of carbonyl (C=O) groups is 1. The van der Waals surface area contributed by atoms with Crippen LogP contribution < -0.4 is 10.6 Å². The molecule has 0 rings (SSSR count). The molecule has 0 aliphatic rings. The van der Waals surface area contributed by atoms with Crippen molar-refractivity contribution in [3.05, 3.63) is 12.4 Å². The topological polar surface area (TPSA) is 41.1 Å². The molecule has 0 aliphatic carbocycles. The van der Waals surface area contributed by atoms with Crippen molar-refractivity contribution in [2.24, 2.45) is 0 Å². The molecule has 2 N–H and O–H groups in total. The third kappa shape index (κ3) is 6.90. The van der Waals surface area contributed by atoms with Gasteiger partial charge in [-0.25, -0.2) is 0 Å². The standard InChI is InChI=1S/C8H16N2O/c1-8(9-2)10-6-4-3-5-7-11/h7,9-10H,1,3-6H2,2H3. The Morgan fingerprint density at radius 2 is 2.27 bits per heavy atom. The molecule has 11 heavy (non-hydrogen) atoms. The Labute approximate surface area is 67.9 Å². The average Bonchev–Trinajstić information content (AvgIpc) is 2.04.